The SMILES string of the molecule is Cc1nc(-c2ccccc2)oc1C(=O)Nc1nc(C2CCNCC2)nn1C. The largest absolute Gasteiger partial charge is 0.431 e. The van der Waals surface area contributed by atoms with Gasteiger partial charge in [0, 0.05) is 18.5 Å². The van der Waals surface area contributed by atoms with E-state index in [1.54, 1.807) is 18.7 Å². The average molecular weight is 366 g/mol. The molecule has 8 nitrogen and oxygen atoms in total. The number of carbonyl (C=O) groups excluding carboxylic acids is 1. The summed E-state index contributed by atoms with van der Waals surface area (Å²) in [6.45, 7) is 3.68. The standard InChI is InChI=1S/C19H22N6O2/c1-12-15(27-18(21-12)14-6-4-3-5-7-14)17(26)23-19-22-16(24-25(19)2)13-8-10-20-11-9-13/h3-7,13,20H,8-11H2,1-2H3,(H,22,23,24,26). The van der Waals surface area contributed by atoms with Crippen LogP contribution in [0.1, 0.15) is 40.8 Å². The predicted molar refractivity (Wildman–Crippen MR) is 100 cm³/mol. The van der Waals surface area contributed by atoms with E-state index >= 15 is 0 Å². The Kier molecular flexibility index (Phi) is 4.72. The molecule has 1 amide bonds. The van der Waals surface area contributed by atoms with Crippen molar-refractivity contribution >= 4 is 11.9 Å². The van der Waals surface area contributed by atoms with Gasteiger partial charge >= 0.3 is 0 Å². The van der Waals surface area contributed by atoms with E-state index in [0.29, 0.717) is 23.5 Å². The van der Waals surface area contributed by atoms with Crippen LogP contribution in [0.5, 0.6) is 0 Å². The van der Waals surface area contributed by atoms with Crippen LogP contribution in [0.15, 0.2) is 34.7 Å². The molecule has 0 saturated carbocycles. The van der Waals surface area contributed by atoms with Crippen molar-refractivity contribution in [3.63, 3.8) is 0 Å². The second-order valence-electron chi connectivity index (χ2n) is 6.70. The summed E-state index contributed by atoms with van der Waals surface area (Å²) in [6, 6.07) is 9.50. The number of anilines is 1. The van der Waals surface area contributed by atoms with Gasteiger partial charge in [-0.15, -0.1) is 0 Å². The predicted octanol–water partition coefficient (Wildman–Crippen LogP) is 2.50. The minimum absolute atomic E-state index is 0.181. The minimum atomic E-state index is -0.380. The van der Waals surface area contributed by atoms with Gasteiger partial charge in [0.1, 0.15) is 0 Å². The van der Waals surface area contributed by atoms with Gasteiger partial charge in [-0.3, -0.25) is 10.1 Å². The van der Waals surface area contributed by atoms with E-state index in [2.05, 4.69) is 25.7 Å². The fourth-order valence-corrected chi connectivity index (χ4v) is 3.24. The van der Waals surface area contributed by atoms with Crippen LogP contribution in [0, 0.1) is 6.92 Å². The number of piperidine rings is 1. The highest BCUT2D eigenvalue weighted by Gasteiger charge is 2.23. The third-order valence-electron chi connectivity index (χ3n) is 4.73. The third kappa shape index (κ3) is 3.61. The van der Waals surface area contributed by atoms with Crippen LogP contribution in [0.2, 0.25) is 0 Å². The zero-order valence-corrected chi connectivity index (χ0v) is 15.4. The molecule has 0 aliphatic carbocycles. The molecule has 2 N–H and O–H groups in total. The lowest BCUT2D eigenvalue weighted by Gasteiger charge is -2.19. The van der Waals surface area contributed by atoms with Crippen LogP contribution < -0.4 is 10.6 Å². The van der Waals surface area contributed by atoms with E-state index in [1.165, 1.54) is 0 Å². The monoisotopic (exact) mass is 366 g/mol. The van der Waals surface area contributed by atoms with Gasteiger partial charge < -0.3 is 9.73 Å². The fourth-order valence-electron chi connectivity index (χ4n) is 3.24. The van der Waals surface area contributed by atoms with E-state index in [1.807, 2.05) is 30.3 Å². The number of carbonyl (C=O) groups is 1. The molecule has 1 saturated heterocycles. The highest BCUT2D eigenvalue weighted by atomic mass is 16.4. The Morgan fingerprint density at radius 3 is 2.70 bits per heavy atom. The lowest BCUT2D eigenvalue weighted by Crippen LogP contribution is -2.27. The first-order valence-corrected chi connectivity index (χ1v) is 9.07. The van der Waals surface area contributed by atoms with E-state index < -0.39 is 0 Å². The fraction of sp³-hybridized carbons (Fsp3) is 0.368. The van der Waals surface area contributed by atoms with Crippen molar-refractivity contribution in [1.82, 2.24) is 25.1 Å². The highest BCUT2D eigenvalue weighted by Crippen LogP contribution is 2.24. The van der Waals surface area contributed by atoms with Crippen molar-refractivity contribution < 1.29 is 9.21 Å². The maximum Gasteiger partial charge on any atom is 0.295 e. The summed E-state index contributed by atoms with van der Waals surface area (Å²) >= 11 is 0. The summed E-state index contributed by atoms with van der Waals surface area (Å²) in [6.07, 6.45) is 2.00. The van der Waals surface area contributed by atoms with E-state index in [-0.39, 0.29) is 11.7 Å². The molecule has 1 fully saturated rings. The molecule has 1 aromatic carbocycles. The van der Waals surface area contributed by atoms with Gasteiger partial charge in [-0.2, -0.15) is 10.1 Å². The maximum absolute atomic E-state index is 12.7. The number of oxazole rings is 1. The Balaban J connectivity index is 1.53. The molecule has 0 atom stereocenters. The van der Waals surface area contributed by atoms with Crippen molar-refractivity contribution in [3.8, 4) is 11.5 Å². The molecular weight excluding hydrogens is 344 g/mol. The molecule has 1 aliphatic rings. The number of benzene rings is 1. The quantitative estimate of drug-likeness (QED) is 0.736. The van der Waals surface area contributed by atoms with Crippen LogP contribution in [-0.2, 0) is 7.05 Å². The van der Waals surface area contributed by atoms with Crippen LogP contribution in [0.25, 0.3) is 11.5 Å². The van der Waals surface area contributed by atoms with Gasteiger partial charge in [-0.1, -0.05) is 18.2 Å². The molecule has 8 heteroatoms. The van der Waals surface area contributed by atoms with E-state index in [4.69, 9.17) is 4.42 Å². The van der Waals surface area contributed by atoms with Gasteiger partial charge in [0.15, 0.2) is 5.82 Å². The first-order valence-electron chi connectivity index (χ1n) is 9.07. The zero-order chi connectivity index (χ0) is 18.8. The molecule has 3 heterocycles. The molecule has 0 bridgehead atoms. The molecule has 1 aliphatic heterocycles. The molecule has 2 aromatic heterocycles. The van der Waals surface area contributed by atoms with E-state index in [9.17, 15) is 4.79 Å². The van der Waals surface area contributed by atoms with Crippen LogP contribution >= 0.6 is 0 Å². The Bertz CT molecular complexity index is 941. The van der Waals surface area contributed by atoms with Gasteiger partial charge in [-0.25, -0.2) is 9.67 Å². The Hall–Kier alpha value is -3.00. The minimum Gasteiger partial charge on any atom is -0.431 e. The number of hydrogen-bond acceptors (Lipinski definition) is 6. The lowest BCUT2D eigenvalue weighted by atomic mass is 9.98. The van der Waals surface area contributed by atoms with Crippen molar-refractivity contribution in [2.45, 2.75) is 25.7 Å². The smallest absolute Gasteiger partial charge is 0.295 e. The number of hydrogen-bond donors (Lipinski definition) is 2. The summed E-state index contributed by atoms with van der Waals surface area (Å²) in [5.74, 6) is 1.72. The zero-order valence-electron chi connectivity index (χ0n) is 15.4. The average Bonchev–Trinajstić information content (AvgIpc) is 3.26. The normalized spacial score (nSPS) is 15.0. The third-order valence-corrected chi connectivity index (χ3v) is 4.73. The highest BCUT2D eigenvalue weighted by molar-refractivity contribution is 6.02. The topological polar surface area (TPSA) is 97.9 Å². The maximum atomic E-state index is 12.7. The van der Waals surface area contributed by atoms with Gasteiger partial charge in [0.05, 0.1) is 5.69 Å². The molecule has 4 rings (SSSR count). The number of aryl methyl sites for hydroxylation is 2. The molecule has 0 spiro atoms. The van der Waals surface area contributed by atoms with Crippen LogP contribution in [0.4, 0.5) is 5.95 Å². The Morgan fingerprint density at radius 1 is 1.22 bits per heavy atom. The van der Waals surface area contributed by atoms with Gasteiger partial charge in [0.2, 0.25) is 17.6 Å². The second-order valence-corrected chi connectivity index (χ2v) is 6.70. The first kappa shape index (κ1) is 17.4. The second kappa shape index (κ2) is 7.32. The van der Waals surface area contributed by atoms with Crippen molar-refractivity contribution in [1.29, 1.82) is 0 Å². The van der Waals surface area contributed by atoms with Crippen molar-refractivity contribution in [2.75, 3.05) is 18.4 Å². The molecule has 0 unspecified atom stereocenters. The van der Waals surface area contributed by atoms with Crippen LogP contribution in [0.3, 0.4) is 0 Å². The Morgan fingerprint density at radius 2 is 1.96 bits per heavy atom. The molecule has 27 heavy (non-hydrogen) atoms. The number of nitrogens with one attached hydrogen (secondary N) is 2. The number of rotatable bonds is 4. The molecular formula is C19H22N6O2. The van der Waals surface area contributed by atoms with E-state index in [0.717, 1.165) is 37.3 Å². The van der Waals surface area contributed by atoms with Crippen molar-refractivity contribution in [2.24, 2.45) is 7.05 Å². The number of nitrogens with zero attached hydrogens (tertiary/aromatic N) is 4. The summed E-state index contributed by atoms with van der Waals surface area (Å²) in [7, 11) is 1.77. The van der Waals surface area contributed by atoms with Gasteiger partial charge in [0.25, 0.3) is 5.91 Å². The first-order chi connectivity index (χ1) is 13.1. The number of aromatic nitrogens is 4. The molecule has 3 aromatic rings. The van der Waals surface area contributed by atoms with Gasteiger partial charge in [-0.05, 0) is 45.0 Å². The van der Waals surface area contributed by atoms with Crippen molar-refractivity contribution in [3.05, 3.63) is 47.6 Å². The molecule has 0 radical (unpaired) electrons. The Labute approximate surface area is 157 Å². The summed E-state index contributed by atoms with van der Waals surface area (Å²) in [5, 5.41) is 10.6. The van der Waals surface area contributed by atoms with Crippen LogP contribution in [-0.4, -0.2) is 38.7 Å². The number of amides is 1. The lowest BCUT2D eigenvalue weighted by molar-refractivity contribution is 0.0995. The summed E-state index contributed by atoms with van der Waals surface area (Å²) in [5.41, 5.74) is 1.36. The summed E-state index contributed by atoms with van der Waals surface area (Å²) < 4.78 is 7.30. The molecule has 140 valence electrons. The summed E-state index contributed by atoms with van der Waals surface area (Å²) in [4.78, 5) is 21.6.